The highest BCUT2D eigenvalue weighted by atomic mass is 32.1. The number of carbonyl (C=O) groups excluding carboxylic acids is 1. The van der Waals surface area contributed by atoms with Gasteiger partial charge >= 0.3 is 0 Å². The van der Waals surface area contributed by atoms with Crippen molar-refractivity contribution in [2.75, 3.05) is 4.90 Å². The Labute approximate surface area is 182 Å². The van der Waals surface area contributed by atoms with Crippen LogP contribution in [-0.2, 0) is 4.79 Å². The topological polar surface area (TPSA) is 70.1 Å². The van der Waals surface area contributed by atoms with Crippen LogP contribution in [0.4, 0.5) is 5.69 Å². The van der Waals surface area contributed by atoms with E-state index in [0.29, 0.717) is 17.8 Å². The van der Waals surface area contributed by atoms with E-state index in [1.165, 1.54) is 4.88 Å². The zero-order valence-electron chi connectivity index (χ0n) is 18.2. The summed E-state index contributed by atoms with van der Waals surface area (Å²) in [7, 11) is 0. The van der Waals surface area contributed by atoms with Crippen molar-refractivity contribution in [1.82, 2.24) is 0 Å². The smallest absolute Gasteiger partial charge is 0.162 e. The van der Waals surface area contributed by atoms with Gasteiger partial charge in [-0.3, -0.25) is 9.69 Å². The van der Waals surface area contributed by atoms with E-state index in [0.717, 1.165) is 39.4 Å². The lowest BCUT2D eigenvalue weighted by atomic mass is 9.68. The maximum atomic E-state index is 13.5. The van der Waals surface area contributed by atoms with E-state index in [4.69, 9.17) is 5.73 Å². The number of aryl methyl sites for hydroxylation is 3. The number of benzene rings is 1. The van der Waals surface area contributed by atoms with Crippen molar-refractivity contribution in [2.45, 2.75) is 53.4 Å². The van der Waals surface area contributed by atoms with Crippen molar-refractivity contribution in [3.8, 4) is 6.07 Å². The Kier molecular flexibility index (Phi) is 4.86. The zero-order chi connectivity index (χ0) is 21.8. The maximum Gasteiger partial charge on any atom is 0.162 e. The number of nitrogens with zero attached hydrogens (tertiary/aromatic N) is 2. The zero-order valence-corrected chi connectivity index (χ0v) is 19.0. The van der Waals surface area contributed by atoms with E-state index in [2.05, 4.69) is 45.9 Å². The summed E-state index contributed by atoms with van der Waals surface area (Å²) in [4.78, 5) is 17.8. The monoisotopic (exact) mass is 417 g/mol. The Bertz CT molecular complexity index is 1160. The molecule has 1 unspecified atom stereocenters. The van der Waals surface area contributed by atoms with Gasteiger partial charge in [0.1, 0.15) is 5.82 Å². The lowest BCUT2D eigenvalue weighted by molar-refractivity contribution is -0.118. The van der Waals surface area contributed by atoms with Gasteiger partial charge in [0.25, 0.3) is 0 Å². The quantitative estimate of drug-likeness (QED) is 0.689. The Balaban J connectivity index is 2.03. The second-order valence-corrected chi connectivity index (χ2v) is 10.6. The Morgan fingerprint density at radius 1 is 1.20 bits per heavy atom. The first-order valence-electron chi connectivity index (χ1n) is 10.2. The number of nitriles is 1. The van der Waals surface area contributed by atoms with E-state index in [1.54, 1.807) is 11.3 Å². The largest absolute Gasteiger partial charge is 0.384 e. The number of hydrogen-bond donors (Lipinski definition) is 1. The molecular formula is C25H27N3OS. The molecule has 2 heterocycles. The number of nitrogens with two attached hydrogens (primary N) is 1. The standard InChI is InChI=1S/C25H27N3OS/c1-14-7-6-8-17(9-14)28-20-11-25(4,5)12-21(29)23(20)22(19(13-26)24(28)27)18-10-15(2)30-16(18)3/h6-10,22H,11-12,27H2,1-5H3. The molecule has 1 aliphatic carbocycles. The van der Waals surface area contributed by atoms with Gasteiger partial charge in [-0.25, -0.2) is 0 Å². The third-order valence-electron chi connectivity index (χ3n) is 6.03. The Morgan fingerprint density at radius 2 is 1.93 bits per heavy atom. The van der Waals surface area contributed by atoms with Crippen LogP contribution >= 0.6 is 11.3 Å². The fraction of sp³-hybridized carbons (Fsp3) is 0.360. The molecule has 0 spiro atoms. The van der Waals surface area contributed by atoms with Crippen LogP contribution in [0.15, 0.2) is 53.0 Å². The second kappa shape index (κ2) is 7.14. The molecule has 1 aliphatic heterocycles. The Morgan fingerprint density at radius 3 is 2.53 bits per heavy atom. The van der Waals surface area contributed by atoms with Gasteiger partial charge in [0.05, 0.1) is 17.6 Å². The first-order chi connectivity index (χ1) is 14.1. The second-order valence-electron chi connectivity index (χ2n) is 9.19. The predicted octanol–water partition coefficient (Wildman–Crippen LogP) is 5.61. The maximum absolute atomic E-state index is 13.5. The van der Waals surface area contributed by atoms with Gasteiger partial charge < -0.3 is 5.73 Å². The van der Waals surface area contributed by atoms with Gasteiger partial charge in [-0.05, 0) is 61.9 Å². The minimum absolute atomic E-state index is 0.118. The number of Topliss-reactive ketones (excluding diaryl/α,β-unsaturated/α-hetero) is 1. The van der Waals surface area contributed by atoms with Gasteiger partial charge in [0.15, 0.2) is 5.78 Å². The minimum atomic E-state index is -0.389. The molecule has 0 amide bonds. The molecule has 2 aromatic rings. The molecule has 1 aromatic carbocycles. The highest BCUT2D eigenvalue weighted by molar-refractivity contribution is 7.12. The van der Waals surface area contributed by atoms with Crippen molar-refractivity contribution in [2.24, 2.45) is 11.1 Å². The van der Waals surface area contributed by atoms with Crippen molar-refractivity contribution >= 4 is 22.8 Å². The first-order valence-corrected chi connectivity index (χ1v) is 11.0. The summed E-state index contributed by atoms with van der Waals surface area (Å²) >= 11 is 1.70. The average molecular weight is 418 g/mol. The molecule has 1 aromatic heterocycles. The summed E-state index contributed by atoms with van der Waals surface area (Å²) in [6.07, 6.45) is 1.21. The van der Waals surface area contributed by atoms with Crippen molar-refractivity contribution in [1.29, 1.82) is 5.26 Å². The van der Waals surface area contributed by atoms with Gasteiger partial charge in [-0.15, -0.1) is 11.3 Å². The summed E-state index contributed by atoms with van der Waals surface area (Å²) in [5.74, 6) is 0.160. The number of ketones is 1. The molecule has 154 valence electrons. The molecule has 0 saturated carbocycles. The number of thiophene rings is 1. The van der Waals surface area contributed by atoms with Crippen molar-refractivity contribution < 1.29 is 4.79 Å². The van der Waals surface area contributed by atoms with E-state index in [1.807, 2.05) is 30.0 Å². The number of hydrogen-bond acceptors (Lipinski definition) is 5. The van der Waals surface area contributed by atoms with Crippen LogP contribution in [0.25, 0.3) is 0 Å². The molecule has 1 atom stereocenters. The van der Waals surface area contributed by atoms with Crippen LogP contribution in [0.1, 0.15) is 53.5 Å². The highest BCUT2D eigenvalue weighted by Crippen LogP contribution is 2.51. The fourth-order valence-corrected chi connectivity index (χ4v) is 5.78. The number of rotatable bonds is 2. The summed E-state index contributed by atoms with van der Waals surface area (Å²) in [6.45, 7) is 10.4. The van der Waals surface area contributed by atoms with Crippen LogP contribution < -0.4 is 10.6 Å². The molecule has 0 fully saturated rings. The average Bonchev–Trinajstić information content (AvgIpc) is 2.97. The van der Waals surface area contributed by atoms with Crippen LogP contribution in [0.3, 0.4) is 0 Å². The molecule has 0 saturated heterocycles. The summed E-state index contributed by atoms with van der Waals surface area (Å²) in [6, 6.07) is 12.5. The normalized spacial score (nSPS) is 21.0. The van der Waals surface area contributed by atoms with Crippen molar-refractivity contribution in [3.05, 3.63) is 73.9 Å². The van der Waals surface area contributed by atoms with Gasteiger partial charge in [0.2, 0.25) is 0 Å². The molecule has 5 heteroatoms. The molecule has 4 nitrogen and oxygen atoms in total. The van der Waals surface area contributed by atoms with Gasteiger partial charge in [-0.1, -0.05) is 26.0 Å². The summed E-state index contributed by atoms with van der Waals surface area (Å²) in [5.41, 5.74) is 11.7. The SMILES string of the molecule is Cc1cccc(N2C(N)=C(C#N)C(c3cc(C)sc3C)C3=C2CC(C)(C)CC3=O)c1. The number of anilines is 1. The lowest BCUT2D eigenvalue weighted by Crippen LogP contribution is -2.42. The van der Waals surface area contributed by atoms with E-state index in [-0.39, 0.29) is 17.1 Å². The molecule has 2 N–H and O–H groups in total. The molecule has 0 radical (unpaired) electrons. The van der Waals surface area contributed by atoms with Gasteiger partial charge in [-0.2, -0.15) is 5.26 Å². The minimum Gasteiger partial charge on any atom is -0.384 e. The third-order valence-corrected chi connectivity index (χ3v) is 7.01. The molecule has 4 rings (SSSR count). The third kappa shape index (κ3) is 3.26. The molecular weight excluding hydrogens is 390 g/mol. The summed E-state index contributed by atoms with van der Waals surface area (Å²) < 4.78 is 0. The van der Waals surface area contributed by atoms with Gasteiger partial charge in [0, 0.05) is 33.1 Å². The van der Waals surface area contributed by atoms with E-state index < -0.39 is 0 Å². The van der Waals surface area contributed by atoms with Crippen LogP contribution in [-0.4, -0.2) is 5.78 Å². The van der Waals surface area contributed by atoms with E-state index in [9.17, 15) is 10.1 Å². The van der Waals surface area contributed by atoms with E-state index >= 15 is 0 Å². The molecule has 30 heavy (non-hydrogen) atoms. The first kappa shape index (κ1) is 20.4. The highest BCUT2D eigenvalue weighted by Gasteiger charge is 2.45. The number of allylic oxidation sites excluding steroid dienone is 3. The lowest BCUT2D eigenvalue weighted by Gasteiger charge is -2.43. The molecule has 0 bridgehead atoms. The summed E-state index contributed by atoms with van der Waals surface area (Å²) in [5, 5.41) is 10.1. The molecule has 2 aliphatic rings. The van der Waals surface area contributed by atoms with Crippen LogP contribution in [0.5, 0.6) is 0 Å². The predicted molar refractivity (Wildman–Crippen MR) is 122 cm³/mol. The number of carbonyl (C=O) groups is 1. The Hall–Kier alpha value is -2.84. The van der Waals surface area contributed by atoms with Crippen LogP contribution in [0, 0.1) is 37.5 Å². The van der Waals surface area contributed by atoms with Crippen LogP contribution in [0.2, 0.25) is 0 Å². The van der Waals surface area contributed by atoms with Crippen molar-refractivity contribution in [3.63, 3.8) is 0 Å². The fourth-order valence-electron chi connectivity index (χ4n) is 4.82.